The van der Waals surface area contributed by atoms with Crippen molar-refractivity contribution < 1.29 is 37.1 Å². The maximum absolute atomic E-state index is 13.3. The van der Waals surface area contributed by atoms with E-state index < -0.39 is 60.1 Å². The van der Waals surface area contributed by atoms with Crippen molar-refractivity contribution in [2.45, 2.75) is 57.6 Å². The largest absolute Gasteiger partial charge is 0.481 e. The molecule has 214 valence electrons. The summed E-state index contributed by atoms with van der Waals surface area (Å²) in [5, 5.41) is 20.1. The van der Waals surface area contributed by atoms with E-state index in [1.165, 1.54) is 16.2 Å². The third-order valence-corrected chi connectivity index (χ3v) is 8.75. The molecular weight excluding hydrogens is 554 g/mol. The molecule has 1 fully saturated rings. The molecule has 40 heavy (non-hydrogen) atoms. The molecule has 1 amide bonds. The van der Waals surface area contributed by atoms with Crippen LogP contribution in [0.1, 0.15) is 67.0 Å². The van der Waals surface area contributed by atoms with Crippen LogP contribution in [0.3, 0.4) is 0 Å². The lowest BCUT2D eigenvalue weighted by Crippen LogP contribution is -2.41. The van der Waals surface area contributed by atoms with Gasteiger partial charge in [-0.3, -0.25) is 14.3 Å². The molecule has 3 atom stereocenters. The molecule has 2 aromatic rings. The van der Waals surface area contributed by atoms with Gasteiger partial charge in [-0.25, -0.2) is 22.5 Å². The first-order valence-corrected chi connectivity index (χ1v) is 13.6. The first-order valence-electron chi connectivity index (χ1n) is 12.8. The second kappa shape index (κ2) is 11.1. The van der Waals surface area contributed by atoms with Crippen LogP contribution in [-0.2, 0) is 21.0 Å². The number of carboxylic acid groups (broad SMARTS) is 1. The van der Waals surface area contributed by atoms with Gasteiger partial charge in [0.05, 0.1) is 16.6 Å². The van der Waals surface area contributed by atoms with E-state index in [9.17, 15) is 32.3 Å². The SMILES string of the molecule is CC1(C2CC(c3csc(C4CCN(C(=O)Cn5nc(C(F)F)cc5C(F)F)CC4)n3)=NO2)C=CC=CC1C(=O)O. The van der Waals surface area contributed by atoms with Gasteiger partial charge < -0.3 is 14.8 Å². The first kappa shape index (κ1) is 28.0. The number of carbonyl (C=O) groups excluding carboxylic acids is 1. The minimum atomic E-state index is -3.03. The third kappa shape index (κ3) is 5.40. The average Bonchev–Trinajstić information content (AvgIpc) is 3.68. The van der Waals surface area contributed by atoms with Crippen LogP contribution < -0.4 is 0 Å². The number of amides is 1. The van der Waals surface area contributed by atoms with Gasteiger partial charge in [0.2, 0.25) is 5.91 Å². The summed E-state index contributed by atoms with van der Waals surface area (Å²) in [6, 6.07) is 0.629. The Labute approximate surface area is 230 Å². The number of carbonyl (C=O) groups is 2. The number of oxime groups is 1. The molecule has 4 heterocycles. The lowest BCUT2D eigenvalue weighted by Gasteiger charge is -2.36. The molecule has 0 spiro atoms. The van der Waals surface area contributed by atoms with Crippen LogP contribution in [0.5, 0.6) is 0 Å². The van der Waals surface area contributed by atoms with Crippen molar-refractivity contribution in [2.75, 3.05) is 13.1 Å². The van der Waals surface area contributed by atoms with Crippen LogP contribution in [0.15, 0.2) is 40.9 Å². The number of rotatable bonds is 8. The monoisotopic (exact) mass is 581 g/mol. The van der Waals surface area contributed by atoms with Gasteiger partial charge in [0.1, 0.15) is 29.7 Å². The van der Waals surface area contributed by atoms with Gasteiger partial charge in [0.25, 0.3) is 12.9 Å². The second-order valence-electron chi connectivity index (χ2n) is 10.2. The molecule has 1 saturated heterocycles. The minimum Gasteiger partial charge on any atom is -0.481 e. The molecule has 0 saturated carbocycles. The highest BCUT2D eigenvalue weighted by Gasteiger charge is 2.47. The summed E-state index contributed by atoms with van der Waals surface area (Å²) < 4.78 is 53.0. The van der Waals surface area contributed by atoms with Crippen LogP contribution in [0, 0.1) is 11.3 Å². The average molecular weight is 582 g/mol. The van der Waals surface area contributed by atoms with Crippen molar-refractivity contribution in [3.63, 3.8) is 0 Å². The molecule has 2 aromatic heterocycles. The summed E-state index contributed by atoms with van der Waals surface area (Å²) in [5.74, 6) is -2.06. The molecule has 0 radical (unpaired) electrons. The topological polar surface area (TPSA) is 110 Å². The molecule has 5 rings (SSSR count). The normalized spacial score (nSPS) is 25.1. The Bertz CT molecular complexity index is 1360. The number of halogens is 4. The Balaban J connectivity index is 1.17. The maximum Gasteiger partial charge on any atom is 0.311 e. The number of aliphatic carboxylic acids is 1. The summed E-state index contributed by atoms with van der Waals surface area (Å²) in [6.07, 6.45) is 2.13. The molecule has 3 aliphatic rings. The first-order chi connectivity index (χ1) is 19.1. The zero-order valence-corrected chi connectivity index (χ0v) is 22.2. The maximum atomic E-state index is 13.3. The molecule has 3 unspecified atom stereocenters. The van der Waals surface area contributed by atoms with Crippen molar-refractivity contribution in [1.29, 1.82) is 0 Å². The Morgan fingerprint density at radius 3 is 2.62 bits per heavy atom. The standard InChI is InChI=1S/C26H27F4N5O4S/c1-26(7-3-2-4-15(26)25(37)38)20-11-16(33-39-20)18-13-40-24(31-18)14-5-8-34(9-6-14)21(36)12-35-19(23(29)30)10-17(32-35)22(27)28/h2-4,7,10,13-15,20,22-23H,5-6,8-9,11-12H2,1H3,(H,37,38). The fourth-order valence-electron chi connectivity index (χ4n) is 5.34. The van der Waals surface area contributed by atoms with Crippen molar-refractivity contribution >= 4 is 28.9 Å². The van der Waals surface area contributed by atoms with Crippen molar-refractivity contribution in [2.24, 2.45) is 16.5 Å². The van der Waals surface area contributed by atoms with E-state index in [0.717, 1.165) is 5.01 Å². The second-order valence-corrected chi connectivity index (χ2v) is 11.1. The fourth-order valence-corrected chi connectivity index (χ4v) is 6.34. The third-order valence-electron chi connectivity index (χ3n) is 7.75. The molecule has 1 N–H and O–H groups in total. The van der Waals surface area contributed by atoms with Crippen LogP contribution in [0.4, 0.5) is 17.6 Å². The van der Waals surface area contributed by atoms with E-state index in [-0.39, 0.29) is 5.92 Å². The molecular formula is C26H27F4N5O4S. The quantitative estimate of drug-likeness (QED) is 0.442. The Kier molecular flexibility index (Phi) is 7.80. The van der Waals surface area contributed by atoms with Gasteiger partial charge in [-0.2, -0.15) is 5.10 Å². The summed E-state index contributed by atoms with van der Waals surface area (Å²) >= 11 is 1.47. The highest BCUT2D eigenvalue weighted by atomic mass is 32.1. The lowest BCUT2D eigenvalue weighted by molar-refractivity contribution is -0.146. The van der Waals surface area contributed by atoms with Gasteiger partial charge in [0.15, 0.2) is 0 Å². The smallest absolute Gasteiger partial charge is 0.311 e. The van der Waals surface area contributed by atoms with Gasteiger partial charge in [0, 0.05) is 36.2 Å². The van der Waals surface area contributed by atoms with Gasteiger partial charge in [-0.1, -0.05) is 36.4 Å². The van der Waals surface area contributed by atoms with E-state index in [1.807, 2.05) is 24.5 Å². The Hall–Kier alpha value is -3.55. The lowest BCUT2D eigenvalue weighted by atomic mass is 9.69. The number of thiazole rings is 1. The van der Waals surface area contributed by atoms with E-state index >= 15 is 0 Å². The summed E-state index contributed by atoms with van der Waals surface area (Å²) in [6.45, 7) is 2.04. The minimum absolute atomic E-state index is 0.0774. The van der Waals surface area contributed by atoms with E-state index in [2.05, 4.69) is 10.3 Å². The molecule has 9 nitrogen and oxygen atoms in total. The zero-order valence-electron chi connectivity index (χ0n) is 21.4. The number of nitrogens with zero attached hydrogens (tertiary/aromatic N) is 5. The van der Waals surface area contributed by atoms with Crippen LogP contribution in [-0.4, -0.2) is 61.6 Å². The summed E-state index contributed by atoms with van der Waals surface area (Å²) in [5.41, 5.74) is -0.950. The number of hydrogen-bond donors (Lipinski definition) is 1. The van der Waals surface area contributed by atoms with Crippen LogP contribution in [0.25, 0.3) is 0 Å². The predicted molar refractivity (Wildman–Crippen MR) is 136 cm³/mol. The van der Waals surface area contributed by atoms with Crippen molar-refractivity contribution in [3.05, 3.63) is 57.8 Å². The zero-order chi connectivity index (χ0) is 28.6. The fraction of sp³-hybridized carbons (Fsp3) is 0.500. The van der Waals surface area contributed by atoms with E-state index in [1.54, 1.807) is 12.2 Å². The van der Waals surface area contributed by atoms with Gasteiger partial charge >= 0.3 is 5.97 Å². The molecule has 0 bridgehead atoms. The number of alkyl halides is 4. The highest BCUT2D eigenvalue weighted by molar-refractivity contribution is 7.10. The Morgan fingerprint density at radius 1 is 1.20 bits per heavy atom. The molecule has 2 aliphatic heterocycles. The predicted octanol–water partition coefficient (Wildman–Crippen LogP) is 4.95. The number of aromatic nitrogens is 3. The van der Waals surface area contributed by atoms with E-state index in [4.69, 9.17) is 9.82 Å². The number of piperidine rings is 1. The highest BCUT2D eigenvalue weighted by Crippen LogP contribution is 2.42. The van der Waals surface area contributed by atoms with Gasteiger partial charge in [-0.05, 0) is 18.9 Å². The number of allylic oxidation sites excluding steroid dienone is 2. The van der Waals surface area contributed by atoms with Crippen LogP contribution in [0.2, 0.25) is 0 Å². The number of likely N-dealkylation sites (tertiary alicyclic amines) is 1. The van der Waals surface area contributed by atoms with Crippen molar-refractivity contribution in [1.82, 2.24) is 19.7 Å². The number of carboxylic acids is 1. The van der Waals surface area contributed by atoms with Gasteiger partial charge in [-0.15, -0.1) is 11.3 Å². The summed E-state index contributed by atoms with van der Waals surface area (Å²) in [7, 11) is 0. The molecule has 14 heteroatoms. The van der Waals surface area contributed by atoms with E-state index in [0.29, 0.717) is 54.5 Å². The Morgan fingerprint density at radius 2 is 1.95 bits per heavy atom. The van der Waals surface area contributed by atoms with Crippen molar-refractivity contribution in [3.8, 4) is 0 Å². The molecule has 1 aliphatic carbocycles. The molecule has 0 aromatic carbocycles. The summed E-state index contributed by atoms with van der Waals surface area (Å²) in [4.78, 5) is 36.5. The van der Waals surface area contributed by atoms with Crippen LogP contribution >= 0.6 is 11.3 Å². The number of hydrogen-bond acceptors (Lipinski definition) is 7.